The number of aromatic amines is 1. The summed E-state index contributed by atoms with van der Waals surface area (Å²) in [4.78, 5) is 2.39. The first-order valence-electron chi connectivity index (χ1n) is 6.95. The second kappa shape index (κ2) is 5.03. The molecule has 0 aromatic carbocycles. The maximum Gasteiger partial charge on any atom is 0.225 e. The van der Waals surface area contributed by atoms with Gasteiger partial charge in [0, 0.05) is 19.1 Å². The molecule has 5 heteroatoms. The van der Waals surface area contributed by atoms with E-state index in [0.717, 1.165) is 23.8 Å². The minimum atomic E-state index is 0.351. The molecular weight excluding hydrogens is 244 g/mol. The standard InChI is InChI=1S/C13H24N4S/c1-5-13(6-2)7-8-16(9-13)11-14-15-12(18)17(11)10(3)4/h10H,5-9H2,1-4H3,(H,15,18). The first-order chi connectivity index (χ1) is 8.53. The minimum Gasteiger partial charge on any atom is -0.340 e. The highest BCUT2D eigenvalue weighted by atomic mass is 32.1. The molecular formula is C13H24N4S. The molecule has 0 bridgehead atoms. The van der Waals surface area contributed by atoms with Gasteiger partial charge in [-0.1, -0.05) is 13.8 Å². The quantitative estimate of drug-likeness (QED) is 0.849. The van der Waals surface area contributed by atoms with Crippen LogP contribution in [0.15, 0.2) is 0 Å². The molecule has 0 radical (unpaired) electrons. The molecule has 0 saturated carbocycles. The van der Waals surface area contributed by atoms with Crippen LogP contribution >= 0.6 is 12.2 Å². The molecule has 0 spiro atoms. The first kappa shape index (κ1) is 13.6. The second-order valence-electron chi connectivity index (χ2n) is 5.67. The first-order valence-corrected chi connectivity index (χ1v) is 7.35. The van der Waals surface area contributed by atoms with E-state index in [1.807, 2.05) is 0 Å². The number of anilines is 1. The average molecular weight is 268 g/mol. The van der Waals surface area contributed by atoms with Crippen molar-refractivity contribution in [3.63, 3.8) is 0 Å². The van der Waals surface area contributed by atoms with E-state index < -0.39 is 0 Å². The molecule has 4 nitrogen and oxygen atoms in total. The van der Waals surface area contributed by atoms with Crippen molar-refractivity contribution in [2.75, 3.05) is 18.0 Å². The third kappa shape index (κ3) is 2.20. The highest BCUT2D eigenvalue weighted by Gasteiger charge is 2.36. The van der Waals surface area contributed by atoms with E-state index in [9.17, 15) is 0 Å². The normalized spacial score (nSPS) is 18.8. The van der Waals surface area contributed by atoms with Crippen LogP contribution in [0.3, 0.4) is 0 Å². The minimum absolute atomic E-state index is 0.351. The van der Waals surface area contributed by atoms with Gasteiger partial charge in [-0.05, 0) is 50.7 Å². The largest absolute Gasteiger partial charge is 0.340 e. The molecule has 1 aromatic heterocycles. The topological polar surface area (TPSA) is 36.9 Å². The van der Waals surface area contributed by atoms with Crippen molar-refractivity contribution in [2.45, 2.75) is 53.0 Å². The number of nitrogens with one attached hydrogen (secondary N) is 1. The predicted octanol–water partition coefficient (Wildman–Crippen LogP) is 3.54. The number of aromatic nitrogens is 3. The summed E-state index contributed by atoms with van der Waals surface area (Å²) in [5, 5.41) is 7.36. The fourth-order valence-corrected chi connectivity index (χ4v) is 3.26. The number of H-pyrrole nitrogens is 1. The van der Waals surface area contributed by atoms with Gasteiger partial charge in [-0.2, -0.15) is 0 Å². The van der Waals surface area contributed by atoms with Crippen molar-refractivity contribution in [1.82, 2.24) is 14.8 Å². The highest BCUT2D eigenvalue weighted by Crippen LogP contribution is 2.38. The molecule has 0 aliphatic carbocycles. The van der Waals surface area contributed by atoms with E-state index in [-0.39, 0.29) is 0 Å². The number of hydrogen-bond donors (Lipinski definition) is 1. The van der Waals surface area contributed by atoms with E-state index in [4.69, 9.17) is 12.2 Å². The van der Waals surface area contributed by atoms with Crippen LogP contribution in [0.1, 0.15) is 53.0 Å². The van der Waals surface area contributed by atoms with Gasteiger partial charge in [-0.3, -0.25) is 4.57 Å². The molecule has 1 fully saturated rings. The lowest BCUT2D eigenvalue weighted by Crippen LogP contribution is -2.28. The lowest BCUT2D eigenvalue weighted by Gasteiger charge is -2.27. The molecule has 102 valence electrons. The Morgan fingerprint density at radius 1 is 1.39 bits per heavy atom. The van der Waals surface area contributed by atoms with Crippen LogP contribution in [0.2, 0.25) is 0 Å². The zero-order valence-electron chi connectivity index (χ0n) is 11.9. The van der Waals surface area contributed by atoms with E-state index in [1.54, 1.807) is 0 Å². The third-order valence-corrected chi connectivity index (χ3v) is 4.71. The maximum atomic E-state index is 5.32. The number of nitrogens with zero attached hydrogens (tertiary/aromatic N) is 3. The zero-order valence-corrected chi connectivity index (χ0v) is 12.7. The summed E-state index contributed by atoms with van der Waals surface area (Å²) in [6, 6.07) is 0.351. The van der Waals surface area contributed by atoms with E-state index in [1.165, 1.54) is 19.3 Å². The van der Waals surface area contributed by atoms with Gasteiger partial charge in [0.05, 0.1) is 0 Å². The summed E-state index contributed by atoms with van der Waals surface area (Å²) in [5.74, 6) is 1.01. The van der Waals surface area contributed by atoms with Crippen LogP contribution in [0.5, 0.6) is 0 Å². The second-order valence-corrected chi connectivity index (χ2v) is 6.06. The fraction of sp³-hybridized carbons (Fsp3) is 0.846. The Hall–Kier alpha value is -0.840. The van der Waals surface area contributed by atoms with Gasteiger partial charge < -0.3 is 4.90 Å². The highest BCUT2D eigenvalue weighted by molar-refractivity contribution is 7.71. The average Bonchev–Trinajstić information content (AvgIpc) is 2.93. The van der Waals surface area contributed by atoms with Gasteiger partial charge in [0.25, 0.3) is 0 Å². The van der Waals surface area contributed by atoms with Crippen molar-refractivity contribution in [1.29, 1.82) is 0 Å². The molecule has 0 unspecified atom stereocenters. The molecule has 2 rings (SSSR count). The Bertz CT molecular complexity index is 456. The van der Waals surface area contributed by atoms with Crippen LogP contribution < -0.4 is 4.90 Å². The fourth-order valence-electron chi connectivity index (χ4n) is 2.92. The summed E-state index contributed by atoms with van der Waals surface area (Å²) >= 11 is 5.32. The Morgan fingerprint density at radius 3 is 2.56 bits per heavy atom. The molecule has 1 N–H and O–H groups in total. The van der Waals surface area contributed by atoms with Gasteiger partial charge in [0.2, 0.25) is 5.95 Å². The van der Waals surface area contributed by atoms with Crippen LogP contribution in [0, 0.1) is 10.2 Å². The lowest BCUT2D eigenvalue weighted by atomic mass is 9.82. The van der Waals surface area contributed by atoms with Gasteiger partial charge in [-0.15, -0.1) is 5.10 Å². The molecule has 0 amide bonds. The molecule has 2 heterocycles. The SMILES string of the molecule is CCC1(CC)CCN(c2n[nH]c(=S)n2C(C)C)C1. The van der Waals surface area contributed by atoms with E-state index >= 15 is 0 Å². The van der Waals surface area contributed by atoms with E-state index in [2.05, 4.69) is 47.4 Å². The zero-order chi connectivity index (χ0) is 13.3. The van der Waals surface area contributed by atoms with Crippen LogP contribution in [0.4, 0.5) is 5.95 Å². The monoisotopic (exact) mass is 268 g/mol. The summed E-state index contributed by atoms with van der Waals surface area (Å²) in [6.45, 7) is 11.1. The third-order valence-electron chi connectivity index (χ3n) is 4.42. The van der Waals surface area contributed by atoms with Crippen molar-refractivity contribution < 1.29 is 0 Å². The lowest BCUT2D eigenvalue weighted by molar-refractivity contribution is 0.301. The summed E-state index contributed by atoms with van der Waals surface area (Å²) in [5.41, 5.74) is 0.468. The van der Waals surface area contributed by atoms with E-state index in [0.29, 0.717) is 11.5 Å². The van der Waals surface area contributed by atoms with Gasteiger partial charge >= 0.3 is 0 Å². The Kier molecular flexibility index (Phi) is 3.80. The smallest absolute Gasteiger partial charge is 0.225 e. The predicted molar refractivity (Wildman–Crippen MR) is 77.6 cm³/mol. The van der Waals surface area contributed by atoms with Crippen molar-refractivity contribution in [2.24, 2.45) is 5.41 Å². The number of hydrogen-bond acceptors (Lipinski definition) is 3. The molecule has 1 aliphatic heterocycles. The Labute approximate surface area is 114 Å². The summed E-state index contributed by atoms with van der Waals surface area (Å²) in [6.07, 6.45) is 3.75. The number of rotatable bonds is 4. The Morgan fingerprint density at radius 2 is 2.06 bits per heavy atom. The van der Waals surface area contributed by atoms with Crippen LogP contribution in [-0.4, -0.2) is 27.9 Å². The summed E-state index contributed by atoms with van der Waals surface area (Å²) in [7, 11) is 0. The molecule has 1 aromatic rings. The van der Waals surface area contributed by atoms with Crippen LogP contribution in [-0.2, 0) is 0 Å². The molecule has 1 saturated heterocycles. The van der Waals surface area contributed by atoms with Gasteiger partial charge in [0.15, 0.2) is 4.77 Å². The Balaban J connectivity index is 2.27. The van der Waals surface area contributed by atoms with Crippen LogP contribution in [0.25, 0.3) is 0 Å². The summed E-state index contributed by atoms with van der Waals surface area (Å²) < 4.78 is 2.85. The molecule has 0 atom stereocenters. The van der Waals surface area contributed by atoms with Gasteiger partial charge in [0.1, 0.15) is 0 Å². The van der Waals surface area contributed by atoms with Crippen molar-refractivity contribution in [3.05, 3.63) is 4.77 Å². The maximum absolute atomic E-state index is 5.32. The van der Waals surface area contributed by atoms with Crippen molar-refractivity contribution >= 4 is 18.2 Å². The molecule has 18 heavy (non-hydrogen) atoms. The van der Waals surface area contributed by atoms with Gasteiger partial charge in [-0.25, -0.2) is 5.10 Å². The van der Waals surface area contributed by atoms with Crippen molar-refractivity contribution in [3.8, 4) is 0 Å². The molecule has 1 aliphatic rings.